The third kappa shape index (κ3) is 2.25. The molecule has 0 spiro atoms. The van der Waals surface area contributed by atoms with Gasteiger partial charge in [0.05, 0.1) is 12.5 Å². The summed E-state index contributed by atoms with van der Waals surface area (Å²) in [4.78, 5) is 4.08. The third-order valence-electron chi connectivity index (χ3n) is 1.90. The molecule has 0 aliphatic rings. The van der Waals surface area contributed by atoms with E-state index in [-0.39, 0.29) is 12.2 Å². The molecule has 0 aliphatic heterocycles. The maximum absolute atomic E-state index is 13.1. The van der Waals surface area contributed by atoms with Crippen molar-refractivity contribution in [3.63, 3.8) is 0 Å². The number of nitriles is 1. The molecule has 0 bridgehead atoms. The van der Waals surface area contributed by atoms with Gasteiger partial charge in [-0.15, -0.1) is 0 Å². The molecule has 0 amide bonds. The lowest BCUT2D eigenvalue weighted by atomic mass is 10.2. The second-order valence-corrected chi connectivity index (χ2v) is 4.01. The van der Waals surface area contributed by atoms with Crippen LogP contribution >= 0.6 is 15.9 Å². The highest BCUT2D eigenvalue weighted by atomic mass is 79.9. The van der Waals surface area contributed by atoms with Crippen molar-refractivity contribution in [2.75, 3.05) is 0 Å². The number of benzene rings is 1. The Morgan fingerprint density at radius 3 is 2.94 bits per heavy atom. The number of H-pyrrole nitrogens is 1. The largest absolute Gasteiger partial charge is 0.262 e. The van der Waals surface area contributed by atoms with Crippen LogP contribution in [0.4, 0.5) is 4.39 Å². The van der Waals surface area contributed by atoms with Gasteiger partial charge in [-0.05, 0) is 18.2 Å². The predicted molar refractivity (Wildman–Crippen MR) is 58.8 cm³/mol. The summed E-state index contributed by atoms with van der Waals surface area (Å²) in [7, 11) is 0. The van der Waals surface area contributed by atoms with Crippen LogP contribution < -0.4 is 0 Å². The average Bonchev–Trinajstić information content (AvgIpc) is 2.65. The van der Waals surface area contributed by atoms with Gasteiger partial charge in [-0.1, -0.05) is 15.9 Å². The zero-order valence-corrected chi connectivity index (χ0v) is 9.62. The van der Waals surface area contributed by atoms with E-state index in [0.717, 1.165) is 0 Å². The van der Waals surface area contributed by atoms with E-state index in [1.807, 2.05) is 6.07 Å². The first kappa shape index (κ1) is 10.8. The van der Waals surface area contributed by atoms with Crippen molar-refractivity contribution in [3.8, 4) is 17.5 Å². The number of nitrogens with zero attached hydrogens (tertiary/aromatic N) is 3. The number of halogens is 2. The summed E-state index contributed by atoms with van der Waals surface area (Å²) in [5.41, 5.74) is 0.562. The van der Waals surface area contributed by atoms with Gasteiger partial charge in [-0.25, -0.2) is 9.37 Å². The second kappa shape index (κ2) is 4.41. The molecule has 2 aromatic rings. The molecular weight excluding hydrogens is 275 g/mol. The molecular formula is C10H6BrFN4. The summed E-state index contributed by atoms with van der Waals surface area (Å²) in [6, 6.07) is 6.36. The minimum absolute atomic E-state index is 0.156. The van der Waals surface area contributed by atoms with E-state index in [1.54, 1.807) is 6.07 Å². The van der Waals surface area contributed by atoms with Crippen LogP contribution in [0.3, 0.4) is 0 Å². The molecule has 1 heterocycles. The third-order valence-corrected chi connectivity index (χ3v) is 2.36. The van der Waals surface area contributed by atoms with Gasteiger partial charge >= 0.3 is 0 Å². The van der Waals surface area contributed by atoms with Gasteiger partial charge in [0, 0.05) is 10.0 Å². The number of hydrogen-bond acceptors (Lipinski definition) is 3. The normalized spacial score (nSPS) is 10.1. The number of hydrogen-bond donors (Lipinski definition) is 1. The standard InChI is InChI=1S/C10H6BrFN4/c11-7-3-6(4-8(12)5-7)10-14-9(1-2-13)15-16-10/h3-5H,1H2,(H,14,15,16). The Morgan fingerprint density at radius 2 is 2.25 bits per heavy atom. The lowest BCUT2D eigenvalue weighted by Gasteiger charge is -1.96. The monoisotopic (exact) mass is 280 g/mol. The minimum Gasteiger partial charge on any atom is -0.262 e. The predicted octanol–water partition coefficient (Wildman–Crippen LogP) is 2.44. The van der Waals surface area contributed by atoms with E-state index >= 15 is 0 Å². The minimum atomic E-state index is -0.365. The fourth-order valence-electron chi connectivity index (χ4n) is 1.26. The molecule has 80 valence electrons. The highest BCUT2D eigenvalue weighted by Crippen LogP contribution is 2.21. The Labute approximate surface area is 99.3 Å². The number of nitrogens with one attached hydrogen (secondary N) is 1. The van der Waals surface area contributed by atoms with E-state index in [4.69, 9.17) is 5.26 Å². The van der Waals surface area contributed by atoms with E-state index < -0.39 is 0 Å². The van der Waals surface area contributed by atoms with Crippen molar-refractivity contribution in [3.05, 3.63) is 34.3 Å². The Kier molecular flexibility index (Phi) is 2.97. The number of rotatable bonds is 2. The molecule has 0 atom stereocenters. The van der Waals surface area contributed by atoms with Gasteiger partial charge in [-0.2, -0.15) is 10.4 Å². The smallest absolute Gasteiger partial charge is 0.181 e. The first-order valence-electron chi connectivity index (χ1n) is 4.44. The molecule has 1 N–H and O–H groups in total. The molecule has 0 aliphatic carbocycles. The summed E-state index contributed by atoms with van der Waals surface area (Å²) >= 11 is 3.19. The Hall–Kier alpha value is -1.74. The Morgan fingerprint density at radius 1 is 1.44 bits per heavy atom. The van der Waals surface area contributed by atoms with Gasteiger partial charge in [0.2, 0.25) is 0 Å². The van der Waals surface area contributed by atoms with Crippen molar-refractivity contribution in [2.45, 2.75) is 6.42 Å². The van der Waals surface area contributed by atoms with Crippen LogP contribution in [0, 0.1) is 17.1 Å². The summed E-state index contributed by atoms with van der Waals surface area (Å²) in [5, 5.41) is 15.0. The highest BCUT2D eigenvalue weighted by Gasteiger charge is 2.07. The fraction of sp³-hybridized carbons (Fsp3) is 0.100. The van der Waals surface area contributed by atoms with Gasteiger partial charge in [0.15, 0.2) is 5.82 Å². The zero-order chi connectivity index (χ0) is 11.5. The van der Waals surface area contributed by atoms with Gasteiger partial charge in [0.25, 0.3) is 0 Å². The molecule has 0 saturated carbocycles. The van der Waals surface area contributed by atoms with E-state index in [2.05, 4.69) is 31.1 Å². The lowest BCUT2D eigenvalue weighted by Crippen LogP contribution is -1.85. The molecule has 1 aromatic heterocycles. The maximum atomic E-state index is 13.1. The summed E-state index contributed by atoms with van der Waals surface area (Å²) in [6.07, 6.45) is 0.156. The average molecular weight is 281 g/mol. The first-order chi connectivity index (χ1) is 7.69. The molecule has 1 aromatic carbocycles. The molecule has 0 fully saturated rings. The first-order valence-corrected chi connectivity index (χ1v) is 5.23. The summed E-state index contributed by atoms with van der Waals surface area (Å²) < 4.78 is 13.7. The fourth-order valence-corrected chi connectivity index (χ4v) is 1.73. The van der Waals surface area contributed by atoms with Gasteiger partial charge in [-0.3, -0.25) is 5.10 Å². The van der Waals surface area contributed by atoms with Crippen molar-refractivity contribution >= 4 is 15.9 Å². The van der Waals surface area contributed by atoms with E-state index in [0.29, 0.717) is 21.7 Å². The highest BCUT2D eigenvalue weighted by molar-refractivity contribution is 9.10. The second-order valence-electron chi connectivity index (χ2n) is 3.10. The molecule has 6 heteroatoms. The Bertz CT molecular complexity index is 538. The van der Waals surface area contributed by atoms with Crippen LogP contribution in [-0.4, -0.2) is 15.2 Å². The molecule has 0 saturated heterocycles. The van der Waals surface area contributed by atoms with E-state index in [9.17, 15) is 4.39 Å². The van der Waals surface area contributed by atoms with Crippen LogP contribution in [0.25, 0.3) is 11.4 Å². The molecule has 2 rings (SSSR count). The summed E-state index contributed by atoms with van der Waals surface area (Å²) in [5.74, 6) is 0.486. The summed E-state index contributed by atoms with van der Waals surface area (Å²) in [6.45, 7) is 0. The number of aromatic nitrogens is 3. The molecule has 16 heavy (non-hydrogen) atoms. The van der Waals surface area contributed by atoms with Crippen molar-refractivity contribution < 1.29 is 4.39 Å². The van der Waals surface area contributed by atoms with E-state index in [1.165, 1.54) is 12.1 Å². The van der Waals surface area contributed by atoms with Crippen LogP contribution in [0.5, 0.6) is 0 Å². The number of aromatic amines is 1. The quantitative estimate of drug-likeness (QED) is 0.919. The Balaban J connectivity index is 2.39. The van der Waals surface area contributed by atoms with Crippen LogP contribution in [-0.2, 0) is 6.42 Å². The molecule has 0 unspecified atom stereocenters. The van der Waals surface area contributed by atoms with Crippen molar-refractivity contribution in [1.82, 2.24) is 15.2 Å². The topological polar surface area (TPSA) is 65.4 Å². The molecule has 0 radical (unpaired) electrons. The van der Waals surface area contributed by atoms with Gasteiger partial charge in [0.1, 0.15) is 11.6 Å². The van der Waals surface area contributed by atoms with Gasteiger partial charge < -0.3 is 0 Å². The zero-order valence-electron chi connectivity index (χ0n) is 8.04. The van der Waals surface area contributed by atoms with Crippen LogP contribution in [0.15, 0.2) is 22.7 Å². The van der Waals surface area contributed by atoms with Crippen LogP contribution in [0.1, 0.15) is 5.82 Å². The molecule has 4 nitrogen and oxygen atoms in total. The van der Waals surface area contributed by atoms with Crippen LogP contribution in [0.2, 0.25) is 0 Å². The van der Waals surface area contributed by atoms with Crippen molar-refractivity contribution in [2.24, 2.45) is 0 Å². The maximum Gasteiger partial charge on any atom is 0.181 e. The lowest BCUT2D eigenvalue weighted by molar-refractivity contribution is 0.627. The SMILES string of the molecule is N#CCc1nc(-c2cc(F)cc(Br)c2)n[nH]1. The van der Waals surface area contributed by atoms with Crippen molar-refractivity contribution in [1.29, 1.82) is 5.26 Å².